The lowest BCUT2D eigenvalue weighted by molar-refractivity contribution is -0.133. The Kier molecular flexibility index (Phi) is 5.64. The van der Waals surface area contributed by atoms with Gasteiger partial charge < -0.3 is 15.7 Å². The van der Waals surface area contributed by atoms with E-state index in [-0.39, 0.29) is 30.0 Å². The Balaban J connectivity index is 0.00000192. The zero-order chi connectivity index (χ0) is 15.5. The Labute approximate surface area is 142 Å². The van der Waals surface area contributed by atoms with Crippen molar-refractivity contribution < 1.29 is 9.90 Å². The highest BCUT2D eigenvalue weighted by molar-refractivity contribution is 5.85. The molecular formula is C18H21ClN2O2. The van der Waals surface area contributed by atoms with Crippen molar-refractivity contribution >= 4 is 18.3 Å². The molecular weight excluding hydrogens is 312 g/mol. The maximum absolute atomic E-state index is 12.8. The second-order valence-corrected chi connectivity index (χ2v) is 5.66. The van der Waals surface area contributed by atoms with Crippen LogP contribution in [0.25, 0.3) is 0 Å². The van der Waals surface area contributed by atoms with E-state index in [4.69, 9.17) is 5.73 Å². The maximum atomic E-state index is 12.8. The van der Waals surface area contributed by atoms with Crippen molar-refractivity contribution in [2.24, 2.45) is 5.73 Å². The molecule has 3 N–H and O–H groups in total. The summed E-state index contributed by atoms with van der Waals surface area (Å²) in [5.74, 6) is -0.00534. The maximum Gasteiger partial charge on any atom is 0.231 e. The Morgan fingerprint density at radius 1 is 1.17 bits per heavy atom. The van der Waals surface area contributed by atoms with Gasteiger partial charge in [0, 0.05) is 19.6 Å². The molecule has 23 heavy (non-hydrogen) atoms. The minimum Gasteiger partial charge on any atom is -0.508 e. The number of aromatic hydroxyl groups is 1. The molecule has 1 heterocycles. The number of carbonyl (C=O) groups excluding carboxylic acids is 1. The Hall–Kier alpha value is -2.04. The van der Waals surface area contributed by atoms with E-state index in [1.807, 2.05) is 41.3 Å². The SMILES string of the molecule is Cl.NCC(C(=O)N1CCc2ccc(O)cc2C1)c1ccccc1. The standard InChI is InChI=1S/C18H20N2O2.ClH/c19-11-17(14-4-2-1-3-5-14)18(22)20-9-8-13-6-7-16(21)10-15(13)12-20;/h1-7,10,17,21H,8-9,11-12,19H2;1H. The monoisotopic (exact) mass is 332 g/mol. The first-order valence-electron chi connectivity index (χ1n) is 7.53. The Bertz CT molecular complexity index is 676. The van der Waals surface area contributed by atoms with Gasteiger partial charge in [0.25, 0.3) is 0 Å². The second-order valence-electron chi connectivity index (χ2n) is 5.66. The predicted octanol–water partition coefficient (Wildman–Crippen LogP) is 2.44. The van der Waals surface area contributed by atoms with E-state index < -0.39 is 0 Å². The third kappa shape index (κ3) is 3.66. The van der Waals surface area contributed by atoms with E-state index >= 15 is 0 Å². The van der Waals surface area contributed by atoms with E-state index in [2.05, 4.69) is 0 Å². The molecule has 0 saturated carbocycles. The topological polar surface area (TPSA) is 66.6 Å². The summed E-state index contributed by atoms with van der Waals surface area (Å²) in [6.07, 6.45) is 0.813. The van der Waals surface area contributed by atoms with E-state index in [0.29, 0.717) is 19.6 Å². The van der Waals surface area contributed by atoms with Gasteiger partial charge in [0.15, 0.2) is 0 Å². The number of amides is 1. The summed E-state index contributed by atoms with van der Waals surface area (Å²) in [4.78, 5) is 14.6. The van der Waals surface area contributed by atoms with Gasteiger partial charge in [0.2, 0.25) is 5.91 Å². The molecule has 0 spiro atoms. The van der Waals surface area contributed by atoms with Crippen LogP contribution >= 0.6 is 12.4 Å². The van der Waals surface area contributed by atoms with Gasteiger partial charge in [0.05, 0.1) is 5.92 Å². The number of hydrogen-bond acceptors (Lipinski definition) is 3. The van der Waals surface area contributed by atoms with Crippen LogP contribution in [0, 0.1) is 0 Å². The molecule has 0 saturated heterocycles. The summed E-state index contributed by atoms with van der Waals surface area (Å²) in [5.41, 5.74) is 9.02. The molecule has 0 radical (unpaired) electrons. The first-order chi connectivity index (χ1) is 10.7. The van der Waals surface area contributed by atoms with Crippen molar-refractivity contribution in [1.29, 1.82) is 0 Å². The number of fused-ring (bicyclic) bond motifs is 1. The number of benzene rings is 2. The molecule has 0 fully saturated rings. The highest BCUT2D eigenvalue weighted by Crippen LogP contribution is 2.26. The van der Waals surface area contributed by atoms with Gasteiger partial charge in [-0.2, -0.15) is 0 Å². The van der Waals surface area contributed by atoms with E-state index in [9.17, 15) is 9.90 Å². The van der Waals surface area contributed by atoms with Crippen LogP contribution < -0.4 is 5.73 Å². The van der Waals surface area contributed by atoms with Gasteiger partial charge in [-0.05, 0) is 35.2 Å². The quantitative estimate of drug-likeness (QED) is 0.907. The normalized spacial score (nSPS) is 14.6. The molecule has 1 atom stereocenters. The van der Waals surface area contributed by atoms with E-state index in [0.717, 1.165) is 17.5 Å². The lowest BCUT2D eigenvalue weighted by Crippen LogP contribution is -2.41. The molecule has 0 aromatic heterocycles. The molecule has 4 nitrogen and oxygen atoms in total. The van der Waals surface area contributed by atoms with Crippen LogP contribution in [0.2, 0.25) is 0 Å². The summed E-state index contributed by atoms with van der Waals surface area (Å²) in [7, 11) is 0. The number of rotatable bonds is 3. The third-order valence-corrected chi connectivity index (χ3v) is 4.25. The van der Waals surface area contributed by atoms with Gasteiger partial charge in [0.1, 0.15) is 5.75 Å². The van der Waals surface area contributed by atoms with Crippen LogP contribution in [-0.4, -0.2) is 29.0 Å². The number of nitrogens with two attached hydrogens (primary N) is 1. The predicted molar refractivity (Wildman–Crippen MR) is 92.7 cm³/mol. The molecule has 0 aliphatic carbocycles. The smallest absolute Gasteiger partial charge is 0.231 e. The fourth-order valence-corrected chi connectivity index (χ4v) is 3.02. The van der Waals surface area contributed by atoms with Crippen molar-refractivity contribution in [3.8, 4) is 5.75 Å². The molecule has 2 aromatic rings. The van der Waals surface area contributed by atoms with Gasteiger partial charge >= 0.3 is 0 Å². The van der Waals surface area contributed by atoms with Crippen LogP contribution in [-0.2, 0) is 17.8 Å². The number of phenolic OH excluding ortho intramolecular Hbond substituents is 1. The summed E-state index contributed by atoms with van der Waals surface area (Å²) in [6, 6.07) is 15.0. The minimum atomic E-state index is -0.306. The van der Waals surface area contributed by atoms with Gasteiger partial charge in [-0.15, -0.1) is 12.4 Å². The van der Waals surface area contributed by atoms with Crippen LogP contribution in [0.5, 0.6) is 5.75 Å². The highest BCUT2D eigenvalue weighted by Gasteiger charge is 2.27. The van der Waals surface area contributed by atoms with Gasteiger partial charge in [-0.1, -0.05) is 36.4 Å². The highest BCUT2D eigenvalue weighted by atomic mass is 35.5. The summed E-state index contributed by atoms with van der Waals surface area (Å²) >= 11 is 0. The van der Waals surface area contributed by atoms with E-state index in [1.54, 1.807) is 12.1 Å². The van der Waals surface area contributed by atoms with Crippen molar-refractivity contribution in [3.05, 3.63) is 65.2 Å². The Morgan fingerprint density at radius 3 is 2.61 bits per heavy atom. The fourth-order valence-electron chi connectivity index (χ4n) is 3.02. The van der Waals surface area contributed by atoms with Crippen molar-refractivity contribution in [1.82, 2.24) is 4.90 Å². The first kappa shape index (κ1) is 17.3. The molecule has 1 unspecified atom stereocenters. The van der Waals surface area contributed by atoms with Crippen LogP contribution in [0.1, 0.15) is 22.6 Å². The Morgan fingerprint density at radius 2 is 1.91 bits per heavy atom. The van der Waals surface area contributed by atoms with Crippen molar-refractivity contribution in [2.45, 2.75) is 18.9 Å². The summed E-state index contributed by atoms with van der Waals surface area (Å²) < 4.78 is 0. The number of hydrogen-bond donors (Lipinski definition) is 2. The molecule has 1 aliphatic heterocycles. The van der Waals surface area contributed by atoms with Gasteiger partial charge in [-0.25, -0.2) is 0 Å². The summed E-state index contributed by atoms with van der Waals surface area (Å²) in [5, 5.41) is 9.62. The van der Waals surface area contributed by atoms with Crippen molar-refractivity contribution in [3.63, 3.8) is 0 Å². The van der Waals surface area contributed by atoms with E-state index in [1.165, 1.54) is 5.56 Å². The van der Waals surface area contributed by atoms with Gasteiger partial charge in [-0.3, -0.25) is 4.79 Å². The fraction of sp³-hybridized carbons (Fsp3) is 0.278. The number of phenols is 1. The molecule has 3 rings (SSSR count). The zero-order valence-electron chi connectivity index (χ0n) is 12.8. The minimum absolute atomic E-state index is 0. The van der Waals surface area contributed by atoms with Crippen LogP contribution in [0.3, 0.4) is 0 Å². The van der Waals surface area contributed by atoms with Crippen molar-refractivity contribution in [2.75, 3.05) is 13.1 Å². The molecule has 5 heteroatoms. The average molecular weight is 333 g/mol. The van der Waals surface area contributed by atoms with Crippen LogP contribution in [0.4, 0.5) is 0 Å². The average Bonchev–Trinajstić information content (AvgIpc) is 2.55. The largest absolute Gasteiger partial charge is 0.508 e. The van der Waals surface area contributed by atoms with Crippen LogP contribution in [0.15, 0.2) is 48.5 Å². The number of nitrogens with zero attached hydrogens (tertiary/aromatic N) is 1. The lowest BCUT2D eigenvalue weighted by Gasteiger charge is -2.31. The molecule has 1 aliphatic rings. The molecule has 1 amide bonds. The number of carbonyl (C=O) groups is 1. The molecule has 122 valence electrons. The molecule has 2 aromatic carbocycles. The number of halogens is 1. The first-order valence-corrected chi connectivity index (χ1v) is 7.53. The third-order valence-electron chi connectivity index (χ3n) is 4.25. The molecule has 0 bridgehead atoms. The zero-order valence-corrected chi connectivity index (χ0v) is 13.6. The summed E-state index contributed by atoms with van der Waals surface area (Å²) in [6.45, 7) is 1.53. The lowest BCUT2D eigenvalue weighted by atomic mass is 9.94. The second kappa shape index (κ2) is 7.49.